The van der Waals surface area contributed by atoms with Gasteiger partial charge in [-0.1, -0.05) is 23.7 Å². The fourth-order valence-electron chi connectivity index (χ4n) is 1.72. The van der Waals surface area contributed by atoms with Crippen LogP contribution in [0.1, 0.15) is 11.1 Å². The van der Waals surface area contributed by atoms with Crippen molar-refractivity contribution in [3.63, 3.8) is 0 Å². The lowest BCUT2D eigenvalue weighted by molar-refractivity contribution is 0.274. The Labute approximate surface area is 121 Å². The molecule has 0 aliphatic carbocycles. The lowest BCUT2D eigenvalue weighted by atomic mass is 10.2. The Morgan fingerprint density at radius 1 is 1.10 bits per heavy atom. The quantitative estimate of drug-likeness (QED) is 0.917. The van der Waals surface area contributed by atoms with E-state index in [0.717, 1.165) is 5.56 Å². The number of aliphatic hydroxyl groups is 1. The van der Waals surface area contributed by atoms with E-state index in [-0.39, 0.29) is 18.2 Å². The molecule has 0 aliphatic rings. The van der Waals surface area contributed by atoms with Crippen LogP contribution in [-0.2, 0) is 13.2 Å². The van der Waals surface area contributed by atoms with Crippen molar-refractivity contribution in [3.8, 4) is 11.5 Å². The fourth-order valence-corrected chi connectivity index (χ4v) is 1.84. The highest BCUT2D eigenvalue weighted by Gasteiger charge is 2.07. The molecule has 0 amide bonds. The first kappa shape index (κ1) is 14.6. The molecule has 0 atom stereocenters. The third-order valence-corrected chi connectivity index (χ3v) is 3.10. The standard InChI is InChI=1S/C15H14ClFO3/c1-19-15-7-10(8-18)3-5-14(15)20-9-11-2-4-12(16)13(17)6-11/h2-7,18H,8-9H2,1H3. The number of ether oxygens (including phenoxy) is 2. The maximum atomic E-state index is 13.3. The molecule has 2 rings (SSSR count). The molecule has 106 valence electrons. The van der Waals surface area contributed by atoms with Crippen molar-refractivity contribution in [2.24, 2.45) is 0 Å². The van der Waals surface area contributed by atoms with Gasteiger partial charge in [0, 0.05) is 0 Å². The minimum atomic E-state index is -0.477. The summed E-state index contributed by atoms with van der Waals surface area (Å²) in [5, 5.41) is 9.14. The third kappa shape index (κ3) is 3.40. The van der Waals surface area contributed by atoms with Gasteiger partial charge in [-0.15, -0.1) is 0 Å². The van der Waals surface area contributed by atoms with Gasteiger partial charge in [-0.2, -0.15) is 0 Å². The van der Waals surface area contributed by atoms with E-state index in [0.29, 0.717) is 17.1 Å². The van der Waals surface area contributed by atoms with Gasteiger partial charge in [0.15, 0.2) is 11.5 Å². The van der Waals surface area contributed by atoms with E-state index in [1.54, 1.807) is 24.3 Å². The average Bonchev–Trinajstić information content (AvgIpc) is 2.48. The SMILES string of the molecule is COc1cc(CO)ccc1OCc1ccc(Cl)c(F)c1. The van der Waals surface area contributed by atoms with Crippen LogP contribution in [0.2, 0.25) is 5.02 Å². The Morgan fingerprint density at radius 2 is 1.85 bits per heavy atom. The molecule has 0 radical (unpaired) electrons. The van der Waals surface area contributed by atoms with Crippen molar-refractivity contribution in [2.75, 3.05) is 7.11 Å². The van der Waals surface area contributed by atoms with E-state index < -0.39 is 5.82 Å². The first-order chi connectivity index (χ1) is 9.63. The van der Waals surface area contributed by atoms with Crippen molar-refractivity contribution in [1.82, 2.24) is 0 Å². The molecule has 0 bridgehead atoms. The second kappa shape index (κ2) is 6.59. The Morgan fingerprint density at radius 3 is 2.50 bits per heavy atom. The predicted octanol–water partition coefficient (Wildman–Crippen LogP) is 3.56. The highest BCUT2D eigenvalue weighted by atomic mass is 35.5. The van der Waals surface area contributed by atoms with E-state index in [1.807, 2.05) is 0 Å². The molecule has 5 heteroatoms. The summed E-state index contributed by atoms with van der Waals surface area (Å²) in [5.74, 6) is 0.571. The lowest BCUT2D eigenvalue weighted by Crippen LogP contribution is -1.99. The van der Waals surface area contributed by atoms with Crippen molar-refractivity contribution in [1.29, 1.82) is 0 Å². The summed E-state index contributed by atoms with van der Waals surface area (Å²) in [6, 6.07) is 9.65. The number of aliphatic hydroxyl groups excluding tert-OH is 1. The van der Waals surface area contributed by atoms with Crippen LogP contribution in [-0.4, -0.2) is 12.2 Å². The molecule has 0 saturated carbocycles. The summed E-state index contributed by atoms with van der Waals surface area (Å²) in [6.45, 7) is 0.127. The number of rotatable bonds is 5. The number of halogens is 2. The Kier molecular flexibility index (Phi) is 4.82. The zero-order valence-electron chi connectivity index (χ0n) is 10.9. The fraction of sp³-hybridized carbons (Fsp3) is 0.200. The van der Waals surface area contributed by atoms with E-state index in [2.05, 4.69) is 0 Å². The predicted molar refractivity (Wildman–Crippen MR) is 74.7 cm³/mol. The molecule has 0 spiro atoms. The highest BCUT2D eigenvalue weighted by molar-refractivity contribution is 6.30. The molecule has 0 aliphatic heterocycles. The second-order valence-corrected chi connectivity index (χ2v) is 4.59. The second-order valence-electron chi connectivity index (χ2n) is 4.18. The largest absolute Gasteiger partial charge is 0.493 e. The molecule has 0 unspecified atom stereocenters. The van der Waals surface area contributed by atoms with Crippen molar-refractivity contribution >= 4 is 11.6 Å². The van der Waals surface area contributed by atoms with Gasteiger partial charge in [-0.25, -0.2) is 4.39 Å². The van der Waals surface area contributed by atoms with Crippen LogP contribution in [0.3, 0.4) is 0 Å². The molecule has 2 aromatic rings. The number of methoxy groups -OCH3 is 1. The molecule has 0 aromatic heterocycles. The summed E-state index contributed by atoms with van der Waals surface area (Å²) in [7, 11) is 1.52. The van der Waals surface area contributed by atoms with Crippen molar-refractivity contribution < 1.29 is 19.0 Å². The third-order valence-electron chi connectivity index (χ3n) is 2.79. The van der Waals surface area contributed by atoms with E-state index in [9.17, 15) is 4.39 Å². The average molecular weight is 297 g/mol. The first-order valence-electron chi connectivity index (χ1n) is 5.98. The normalized spacial score (nSPS) is 10.4. The van der Waals surface area contributed by atoms with Crippen LogP contribution in [0.15, 0.2) is 36.4 Å². The van der Waals surface area contributed by atoms with Gasteiger partial charge in [0.2, 0.25) is 0 Å². The van der Waals surface area contributed by atoms with Gasteiger partial charge < -0.3 is 14.6 Å². The summed E-state index contributed by atoms with van der Waals surface area (Å²) in [4.78, 5) is 0. The van der Waals surface area contributed by atoms with Gasteiger partial charge in [0.25, 0.3) is 0 Å². The van der Waals surface area contributed by atoms with Gasteiger partial charge in [-0.05, 0) is 35.4 Å². The molecule has 20 heavy (non-hydrogen) atoms. The zero-order chi connectivity index (χ0) is 14.5. The minimum absolute atomic E-state index is 0.0704. The van der Waals surface area contributed by atoms with E-state index in [4.69, 9.17) is 26.2 Å². The maximum absolute atomic E-state index is 13.3. The number of benzene rings is 2. The molecular weight excluding hydrogens is 283 g/mol. The van der Waals surface area contributed by atoms with Gasteiger partial charge in [-0.3, -0.25) is 0 Å². The minimum Gasteiger partial charge on any atom is -0.493 e. The van der Waals surface area contributed by atoms with Gasteiger partial charge in [0.1, 0.15) is 12.4 Å². The van der Waals surface area contributed by atoms with Crippen LogP contribution < -0.4 is 9.47 Å². The molecule has 1 N–H and O–H groups in total. The van der Waals surface area contributed by atoms with Gasteiger partial charge >= 0.3 is 0 Å². The molecule has 0 fully saturated rings. The topological polar surface area (TPSA) is 38.7 Å². The Balaban J connectivity index is 2.12. The summed E-state index contributed by atoms with van der Waals surface area (Å²) >= 11 is 5.62. The summed E-state index contributed by atoms with van der Waals surface area (Å²) < 4.78 is 24.1. The Bertz CT molecular complexity index is 602. The van der Waals surface area contributed by atoms with E-state index in [1.165, 1.54) is 19.2 Å². The highest BCUT2D eigenvalue weighted by Crippen LogP contribution is 2.29. The molecular formula is C15H14ClFO3. The van der Waals surface area contributed by atoms with Crippen LogP contribution in [0.4, 0.5) is 4.39 Å². The lowest BCUT2D eigenvalue weighted by Gasteiger charge is -2.12. The molecule has 2 aromatic carbocycles. The van der Waals surface area contributed by atoms with Crippen LogP contribution in [0, 0.1) is 5.82 Å². The zero-order valence-corrected chi connectivity index (χ0v) is 11.7. The maximum Gasteiger partial charge on any atom is 0.161 e. The van der Waals surface area contributed by atoms with Crippen LogP contribution >= 0.6 is 11.6 Å². The van der Waals surface area contributed by atoms with Crippen molar-refractivity contribution in [2.45, 2.75) is 13.2 Å². The number of hydrogen-bond donors (Lipinski definition) is 1. The van der Waals surface area contributed by atoms with Crippen LogP contribution in [0.25, 0.3) is 0 Å². The van der Waals surface area contributed by atoms with Crippen LogP contribution in [0.5, 0.6) is 11.5 Å². The number of hydrogen-bond acceptors (Lipinski definition) is 3. The monoisotopic (exact) mass is 296 g/mol. The smallest absolute Gasteiger partial charge is 0.161 e. The van der Waals surface area contributed by atoms with E-state index >= 15 is 0 Å². The molecule has 0 saturated heterocycles. The molecule has 3 nitrogen and oxygen atoms in total. The van der Waals surface area contributed by atoms with Crippen molar-refractivity contribution in [3.05, 3.63) is 58.4 Å². The molecule has 0 heterocycles. The first-order valence-corrected chi connectivity index (χ1v) is 6.36. The van der Waals surface area contributed by atoms with Gasteiger partial charge in [0.05, 0.1) is 18.7 Å². The Hall–Kier alpha value is -1.78. The summed E-state index contributed by atoms with van der Waals surface area (Å²) in [6.07, 6.45) is 0. The summed E-state index contributed by atoms with van der Waals surface area (Å²) in [5.41, 5.74) is 1.40.